The van der Waals surface area contributed by atoms with Crippen molar-refractivity contribution in [2.24, 2.45) is 0 Å². The van der Waals surface area contributed by atoms with E-state index in [1.165, 1.54) is 12.1 Å². The number of nitrogens with one attached hydrogen (secondary N) is 1. The molecule has 1 aromatic heterocycles. The van der Waals surface area contributed by atoms with Crippen LogP contribution in [-0.2, 0) is 0 Å². The molecule has 0 amide bonds. The van der Waals surface area contributed by atoms with Crippen LogP contribution in [-0.4, -0.2) is 4.98 Å². The summed E-state index contributed by atoms with van der Waals surface area (Å²) in [5.74, 6) is -0.215. The first kappa shape index (κ1) is 11.1. The van der Waals surface area contributed by atoms with Gasteiger partial charge < -0.3 is 5.32 Å². The molecule has 0 aliphatic heterocycles. The highest BCUT2D eigenvalue weighted by Gasteiger charge is 2.07. The van der Waals surface area contributed by atoms with E-state index < -0.39 is 0 Å². The first-order chi connectivity index (χ1) is 7.65. The van der Waals surface area contributed by atoms with Crippen molar-refractivity contribution < 1.29 is 4.39 Å². The van der Waals surface area contributed by atoms with Crippen molar-refractivity contribution >= 4 is 17.0 Å². The molecule has 0 spiro atoms. The van der Waals surface area contributed by atoms with Gasteiger partial charge in [0.15, 0.2) is 0 Å². The Hall–Kier alpha value is -1.42. The van der Waals surface area contributed by atoms with E-state index in [1.807, 2.05) is 25.3 Å². The standard InChI is InChI=1S/C12H13FN2S/c1-8-3-10(13)5-11(4-8)15-9(2)12-6-16-7-14-12/h3-7,9,15H,1-2H3. The van der Waals surface area contributed by atoms with Crippen molar-refractivity contribution in [3.05, 3.63) is 46.2 Å². The van der Waals surface area contributed by atoms with Gasteiger partial charge in [0.1, 0.15) is 5.82 Å². The van der Waals surface area contributed by atoms with E-state index in [9.17, 15) is 4.39 Å². The minimum atomic E-state index is -0.215. The average molecular weight is 236 g/mol. The molecule has 0 aliphatic rings. The first-order valence-electron chi connectivity index (χ1n) is 5.07. The second kappa shape index (κ2) is 4.61. The Balaban J connectivity index is 2.15. The van der Waals surface area contributed by atoms with Crippen molar-refractivity contribution in [2.75, 3.05) is 5.32 Å². The molecule has 84 valence electrons. The van der Waals surface area contributed by atoms with Crippen LogP contribution in [0.25, 0.3) is 0 Å². The summed E-state index contributed by atoms with van der Waals surface area (Å²) in [7, 11) is 0. The third-order valence-electron chi connectivity index (χ3n) is 2.32. The number of thiazole rings is 1. The Morgan fingerprint density at radius 3 is 2.81 bits per heavy atom. The van der Waals surface area contributed by atoms with Crippen LogP contribution in [0.1, 0.15) is 24.2 Å². The molecule has 4 heteroatoms. The zero-order valence-electron chi connectivity index (χ0n) is 9.20. The summed E-state index contributed by atoms with van der Waals surface area (Å²) in [4.78, 5) is 4.22. The number of halogens is 1. The molecule has 0 fully saturated rings. The molecule has 0 saturated heterocycles. The maximum Gasteiger partial charge on any atom is 0.125 e. The molecule has 16 heavy (non-hydrogen) atoms. The van der Waals surface area contributed by atoms with E-state index in [1.54, 1.807) is 16.8 Å². The fourth-order valence-electron chi connectivity index (χ4n) is 1.58. The third kappa shape index (κ3) is 2.58. The van der Waals surface area contributed by atoms with Crippen LogP contribution >= 0.6 is 11.3 Å². The molecule has 0 saturated carbocycles. The number of rotatable bonds is 3. The van der Waals surface area contributed by atoms with Crippen LogP contribution in [0, 0.1) is 12.7 Å². The lowest BCUT2D eigenvalue weighted by atomic mass is 10.2. The lowest BCUT2D eigenvalue weighted by molar-refractivity contribution is 0.626. The highest BCUT2D eigenvalue weighted by atomic mass is 32.1. The summed E-state index contributed by atoms with van der Waals surface area (Å²) in [6, 6.07) is 5.02. The molecular weight excluding hydrogens is 223 g/mol. The third-order valence-corrected chi connectivity index (χ3v) is 2.93. The number of aryl methyl sites for hydroxylation is 1. The number of hydrogen-bond acceptors (Lipinski definition) is 3. The molecular formula is C12H13FN2S. The molecule has 1 N–H and O–H groups in total. The molecule has 1 atom stereocenters. The minimum absolute atomic E-state index is 0.0902. The SMILES string of the molecule is Cc1cc(F)cc(NC(C)c2cscn2)c1. The number of benzene rings is 1. The van der Waals surface area contributed by atoms with Gasteiger partial charge in [0.05, 0.1) is 17.2 Å². The maximum absolute atomic E-state index is 13.2. The van der Waals surface area contributed by atoms with E-state index in [0.717, 1.165) is 16.9 Å². The fraction of sp³-hybridized carbons (Fsp3) is 0.250. The van der Waals surface area contributed by atoms with Crippen LogP contribution in [0.5, 0.6) is 0 Å². The molecule has 0 bridgehead atoms. The zero-order valence-corrected chi connectivity index (χ0v) is 10.0. The summed E-state index contributed by atoms with van der Waals surface area (Å²) in [6.07, 6.45) is 0. The van der Waals surface area contributed by atoms with Crippen LogP contribution < -0.4 is 5.32 Å². The maximum atomic E-state index is 13.2. The van der Waals surface area contributed by atoms with E-state index in [0.29, 0.717) is 0 Å². The zero-order chi connectivity index (χ0) is 11.5. The Bertz CT molecular complexity index is 448. The van der Waals surface area contributed by atoms with E-state index in [4.69, 9.17) is 0 Å². The molecule has 0 aliphatic carbocycles. The Kier molecular flexibility index (Phi) is 3.19. The van der Waals surface area contributed by atoms with E-state index >= 15 is 0 Å². The Morgan fingerprint density at radius 2 is 2.19 bits per heavy atom. The number of aromatic nitrogens is 1. The van der Waals surface area contributed by atoms with Gasteiger partial charge in [-0.05, 0) is 37.6 Å². The predicted octanol–water partition coefficient (Wildman–Crippen LogP) is 3.76. The average Bonchev–Trinajstić information content (AvgIpc) is 2.68. The van der Waals surface area contributed by atoms with Gasteiger partial charge in [-0.25, -0.2) is 9.37 Å². The Morgan fingerprint density at radius 1 is 1.38 bits per heavy atom. The lowest BCUT2D eigenvalue weighted by Crippen LogP contribution is -2.07. The van der Waals surface area contributed by atoms with Gasteiger partial charge in [0.2, 0.25) is 0 Å². The number of hydrogen-bond donors (Lipinski definition) is 1. The largest absolute Gasteiger partial charge is 0.377 e. The van der Waals surface area contributed by atoms with Gasteiger partial charge in [-0.3, -0.25) is 0 Å². The molecule has 1 aromatic carbocycles. The van der Waals surface area contributed by atoms with Gasteiger partial charge in [-0.2, -0.15) is 0 Å². The van der Waals surface area contributed by atoms with Crippen molar-refractivity contribution in [3.8, 4) is 0 Å². The van der Waals surface area contributed by atoms with E-state index in [2.05, 4.69) is 10.3 Å². The smallest absolute Gasteiger partial charge is 0.125 e. The molecule has 2 nitrogen and oxygen atoms in total. The summed E-state index contributed by atoms with van der Waals surface area (Å²) in [5, 5.41) is 5.22. The van der Waals surface area contributed by atoms with Crippen molar-refractivity contribution in [2.45, 2.75) is 19.9 Å². The highest BCUT2D eigenvalue weighted by molar-refractivity contribution is 7.07. The molecule has 2 aromatic rings. The molecule has 1 heterocycles. The molecule has 0 radical (unpaired) electrons. The van der Waals surface area contributed by atoms with Crippen LogP contribution in [0.4, 0.5) is 10.1 Å². The lowest BCUT2D eigenvalue weighted by Gasteiger charge is -2.13. The van der Waals surface area contributed by atoms with Crippen molar-refractivity contribution in [1.82, 2.24) is 4.98 Å². The van der Waals surface area contributed by atoms with Gasteiger partial charge in [-0.1, -0.05) is 0 Å². The summed E-state index contributed by atoms with van der Waals surface area (Å²) in [5.41, 5.74) is 4.47. The highest BCUT2D eigenvalue weighted by Crippen LogP contribution is 2.20. The van der Waals surface area contributed by atoms with Gasteiger partial charge in [0, 0.05) is 11.1 Å². The second-order valence-corrected chi connectivity index (χ2v) is 4.52. The molecule has 1 unspecified atom stereocenters. The van der Waals surface area contributed by atoms with Gasteiger partial charge in [0.25, 0.3) is 0 Å². The molecule has 2 rings (SSSR count). The Labute approximate surface area is 98.2 Å². The first-order valence-corrected chi connectivity index (χ1v) is 6.01. The minimum Gasteiger partial charge on any atom is -0.377 e. The van der Waals surface area contributed by atoms with Crippen molar-refractivity contribution in [1.29, 1.82) is 0 Å². The monoisotopic (exact) mass is 236 g/mol. The predicted molar refractivity (Wildman–Crippen MR) is 65.3 cm³/mol. The van der Waals surface area contributed by atoms with Crippen LogP contribution in [0.2, 0.25) is 0 Å². The fourth-order valence-corrected chi connectivity index (χ4v) is 2.23. The normalized spacial score (nSPS) is 12.4. The quantitative estimate of drug-likeness (QED) is 0.877. The summed E-state index contributed by atoms with van der Waals surface area (Å²) in [6.45, 7) is 3.89. The summed E-state index contributed by atoms with van der Waals surface area (Å²) >= 11 is 1.56. The second-order valence-electron chi connectivity index (χ2n) is 3.80. The number of nitrogens with zero attached hydrogens (tertiary/aromatic N) is 1. The van der Waals surface area contributed by atoms with E-state index in [-0.39, 0.29) is 11.9 Å². The topological polar surface area (TPSA) is 24.9 Å². The summed E-state index contributed by atoms with van der Waals surface area (Å²) < 4.78 is 13.2. The van der Waals surface area contributed by atoms with Crippen molar-refractivity contribution in [3.63, 3.8) is 0 Å². The van der Waals surface area contributed by atoms with Gasteiger partial charge in [-0.15, -0.1) is 11.3 Å². The van der Waals surface area contributed by atoms with Crippen LogP contribution in [0.15, 0.2) is 29.1 Å². The van der Waals surface area contributed by atoms with Crippen LogP contribution in [0.3, 0.4) is 0 Å². The number of anilines is 1. The van der Waals surface area contributed by atoms with Gasteiger partial charge >= 0.3 is 0 Å².